The third-order valence-electron chi connectivity index (χ3n) is 4.23. The van der Waals surface area contributed by atoms with Gasteiger partial charge in [0.15, 0.2) is 0 Å². The maximum absolute atomic E-state index is 13.2. The molecule has 1 aromatic carbocycles. The van der Waals surface area contributed by atoms with Crippen molar-refractivity contribution < 1.29 is 9.18 Å². The van der Waals surface area contributed by atoms with Crippen molar-refractivity contribution in [3.63, 3.8) is 0 Å². The van der Waals surface area contributed by atoms with Gasteiger partial charge in [0.05, 0.1) is 4.88 Å². The van der Waals surface area contributed by atoms with Gasteiger partial charge in [-0.1, -0.05) is 12.8 Å². The molecule has 2 aromatic rings. The lowest BCUT2D eigenvalue weighted by atomic mass is 9.84. The molecule has 2 unspecified atom stereocenters. The Balaban J connectivity index is 1.77. The van der Waals surface area contributed by atoms with E-state index >= 15 is 0 Å². The van der Waals surface area contributed by atoms with Crippen molar-refractivity contribution in [3.05, 3.63) is 35.0 Å². The second-order valence-corrected chi connectivity index (χ2v) is 6.74. The summed E-state index contributed by atoms with van der Waals surface area (Å²) in [5.74, 6) is 0.0271. The minimum atomic E-state index is -0.275. The molecule has 1 fully saturated rings. The summed E-state index contributed by atoms with van der Waals surface area (Å²) >= 11 is 1.40. The number of fused-ring (bicyclic) bond motifs is 1. The molecule has 1 aliphatic rings. The van der Waals surface area contributed by atoms with Crippen molar-refractivity contribution in [2.24, 2.45) is 11.7 Å². The standard InChI is InChI=1S/C16H19FN2OS/c17-12-5-6-14-11(7-12)8-15(21-14)16(20)19-13-4-2-1-3-10(13)9-18/h5-8,10,13H,1-4,9,18H2,(H,19,20). The monoisotopic (exact) mass is 306 g/mol. The Bertz CT molecular complexity index is 655. The maximum Gasteiger partial charge on any atom is 0.261 e. The predicted octanol–water partition coefficient (Wildman–Crippen LogP) is 3.29. The minimum absolute atomic E-state index is 0.0676. The number of benzene rings is 1. The van der Waals surface area contributed by atoms with Crippen LogP contribution in [0.15, 0.2) is 24.3 Å². The van der Waals surface area contributed by atoms with Crippen molar-refractivity contribution in [1.82, 2.24) is 5.32 Å². The van der Waals surface area contributed by atoms with E-state index in [4.69, 9.17) is 5.73 Å². The first-order chi connectivity index (χ1) is 10.2. The second-order valence-electron chi connectivity index (χ2n) is 5.65. The van der Waals surface area contributed by atoms with Gasteiger partial charge in [0, 0.05) is 10.7 Å². The highest BCUT2D eigenvalue weighted by molar-refractivity contribution is 7.20. The van der Waals surface area contributed by atoms with Crippen LogP contribution in [0.1, 0.15) is 35.4 Å². The third kappa shape index (κ3) is 3.09. The van der Waals surface area contributed by atoms with Crippen molar-refractivity contribution in [2.45, 2.75) is 31.7 Å². The Morgan fingerprint density at radius 1 is 1.33 bits per heavy atom. The second kappa shape index (κ2) is 6.12. The van der Waals surface area contributed by atoms with E-state index in [1.165, 1.54) is 29.9 Å². The van der Waals surface area contributed by atoms with E-state index in [1.54, 1.807) is 12.1 Å². The molecule has 0 bridgehead atoms. The highest BCUT2D eigenvalue weighted by Crippen LogP contribution is 2.28. The number of carbonyl (C=O) groups is 1. The molecule has 1 aromatic heterocycles. The summed E-state index contributed by atoms with van der Waals surface area (Å²) < 4.78 is 14.1. The fourth-order valence-electron chi connectivity index (χ4n) is 3.05. The van der Waals surface area contributed by atoms with Crippen LogP contribution >= 0.6 is 11.3 Å². The lowest BCUT2D eigenvalue weighted by Crippen LogP contribution is -2.44. The molecule has 0 aliphatic heterocycles. The summed E-state index contributed by atoms with van der Waals surface area (Å²) in [6, 6.07) is 6.53. The van der Waals surface area contributed by atoms with E-state index in [-0.39, 0.29) is 17.8 Å². The summed E-state index contributed by atoms with van der Waals surface area (Å²) in [6.07, 6.45) is 4.40. The van der Waals surface area contributed by atoms with E-state index in [2.05, 4.69) is 5.32 Å². The van der Waals surface area contributed by atoms with Gasteiger partial charge in [-0.15, -0.1) is 11.3 Å². The Morgan fingerprint density at radius 2 is 2.14 bits per heavy atom. The van der Waals surface area contributed by atoms with E-state index in [9.17, 15) is 9.18 Å². The molecule has 1 aliphatic carbocycles. The Labute approximate surface area is 127 Å². The predicted molar refractivity (Wildman–Crippen MR) is 84.0 cm³/mol. The van der Waals surface area contributed by atoms with E-state index in [0.29, 0.717) is 17.3 Å². The fourth-order valence-corrected chi connectivity index (χ4v) is 3.99. The number of nitrogens with two attached hydrogens (primary N) is 1. The maximum atomic E-state index is 13.2. The normalized spacial score (nSPS) is 22.4. The molecule has 1 heterocycles. The SMILES string of the molecule is NCC1CCCCC1NC(=O)c1cc2cc(F)ccc2s1. The summed E-state index contributed by atoms with van der Waals surface area (Å²) in [5, 5.41) is 3.89. The summed E-state index contributed by atoms with van der Waals surface area (Å²) in [6.45, 7) is 0.614. The zero-order chi connectivity index (χ0) is 14.8. The van der Waals surface area contributed by atoms with Gasteiger partial charge < -0.3 is 11.1 Å². The molecule has 0 saturated heterocycles. The van der Waals surface area contributed by atoms with Crippen molar-refractivity contribution in [2.75, 3.05) is 6.54 Å². The number of halogens is 1. The number of carbonyl (C=O) groups excluding carboxylic acids is 1. The topological polar surface area (TPSA) is 55.1 Å². The van der Waals surface area contributed by atoms with Crippen LogP contribution in [0.25, 0.3) is 10.1 Å². The van der Waals surface area contributed by atoms with Gasteiger partial charge in [-0.25, -0.2) is 4.39 Å². The van der Waals surface area contributed by atoms with E-state index in [0.717, 1.165) is 29.3 Å². The van der Waals surface area contributed by atoms with Crippen LogP contribution in [0.3, 0.4) is 0 Å². The largest absolute Gasteiger partial charge is 0.348 e. The number of nitrogens with one attached hydrogen (secondary N) is 1. The van der Waals surface area contributed by atoms with Gasteiger partial charge >= 0.3 is 0 Å². The lowest BCUT2D eigenvalue weighted by molar-refractivity contribution is 0.0912. The first-order valence-corrected chi connectivity index (χ1v) is 8.19. The minimum Gasteiger partial charge on any atom is -0.348 e. The van der Waals surface area contributed by atoms with Gasteiger partial charge in [0.2, 0.25) is 0 Å². The molecule has 0 spiro atoms. The van der Waals surface area contributed by atoms with Gasteiger partial charge in [-0.3, -0.25) is 4.79 Å². The Morgan fingerprint density at radius 3 is 2.95 bits per heavy atom. The number of thiophene rings is 1. The molecule has 3 N–H and O–H groups in total. The van der Waals surface area contributed by atoms with Gasteiger partial charge in [0.1, 0.15) is 5.82 Å². The van der Waals surface area contributed by atoms with Crippen LogP contribution in [0.4, 0.5) is 4.39 Å². The van der Waals surface area contributed by atoms with Gasteiger partial charge in [-0.05, 0) is 55.0 Å². The first-order valence-electron chi connectivity index (χ1n) is 7.37. The highest BCUT2D eigenvalue weighted by Gasteiger charge is 2.26. The fraction of sp³-hybridized carbons (Fsp3) is 0.438. The van der Waals surface area contributed by atoms with Crippen LogP contribution in [0.5, 0.6) is 0 Å². The average molecular weight is 306 g/mol. The van der Waals surface area contributed by atoms with Crippen LogP contribution in [-0.2, 0) is 0 Å². The third-order valence-corrected chi connectivity index (χ3v) is 5.35. The summed E-state index contributed by atoms with van der Waals surface area (Å²) in [5.41, 5.74) is 5.80. The molecule has 112 valence electrons. The molecule has 3 nitrogen and oxygen atoms in total. The summed E-state index contributed by atoms with van der Waals surface area (Å²) in [7, 11) is 0. The van der Waals surface area contributed by atoms with Crippen molar-refractivity contribution in [1.29, 1.82) is 0 Å². The van der Waals surface area contributed by atoms with Crippen LogP contribution < -0.4 is 11.1 Å². The molecule has 21 heavy (non-hydrogen) atoms. The number of hydrogen-bond donors (Lipinski definition) is 2. The first kappa shape index (κ1) is 14.5. The van der Waals surface area contributed by atoms with Crippen LogP contribution in [-0.4, -0.2) is 18.5 Å². The number of amides is 1. The zero-order valence-electron chi connectivity index (χ0n) is 11.8. The van der Waals surface area contributed by atoms with Crippen molar-refractivity contribution >= 4 is 27.3 Å². The average Bonchev–Trinajstić information content (AvgIpc) is 2.91. The van der Waals surface area contributed by atoms with E-state index < -0.39 is 0 Å². The number of hydrogen-bond acceptors (Lipinski definition) is 3. The molecular weight excluding hydrogens is 287 g/mol. The quantitative estimate of drug-likeness (QED) is 0.914. The highest BCUT2D eigenvalue weighted by atomic mass is 32.1. The summed E-state index contributed by atoms with van der Waals surface area (Å²) in [4.78, 5) is 13.0. The Hall–Kier alpha value is -1.46. The molecular formula is C16H19FN2OS. The molecule has 2 atom stereocenters. The van der Waals surface area contributed by atoms with E-state index in [1.807, 2.05) is 0 Å². The molecule has 1 saturated carbocycles. The van der Waals surface area contributed by atoms with Gasteiger partial charge in [-0.2, -0.15) is 0 Å². The Kier molecular flexibility index (Phi) is 4.22. The molecule has 3 rings (SSSR count). The van der Waals surface area contributed by atoms with Crippen LogP contribution in [0.2, 0.25) is 0 Å². The lowest BCUT2D eigenvalue weighted by Gasteiger charge is -2.31. The van der Waals surface area contributed by atoms with Gasteiger partial charge in [0.25, 0.3) is 5.91 Å². The molecule has 0 radical (unpaired) electrons. The smallest absolute Gasteiger partial charge is 0.261 e. The van der Waals surface area contributed by atoms with Crippen LogP contribution in [0, 0.1) is 11.7 Å². The molecule has 5 heteroatoms. The number of rotatable bonds is 3. The zero-order valence-corrected chi connectivity index (χ0v) is 12.6. The molecule has 1 amide bonds. The van der Waals surface area contributed by atoms with Crippen molar-refractivity contribution in [3.8, 4) is 0 Å².